The number of nitrogen functional groups attached to an aromatic ring is 1. The number of ether oxygens (including phenoxy) is 4. The van der Waals surface area contributed by atoms with Gasteiger partial charge < -0.3 is 34.9 Å². The summed E-state index contributed by atoms with van der Waals surface area (Å²) in [4.78, 5) is 7.50. The van der Waals surface area contributed by atoms with Gasteiger partial charge in [0.05, 0.1) is 38.8 Å². The smallest absolute Gasteiger partial charge is 0.162 e. The van der Waals surface area contributed by atoms with Gasteiger partial charge in [-0.2, -0.15) is 0 Å². The van der Waals surface area contributed by atoms with Gasteiger partial charge in [-0.05, 0) is 80.5 Å². The van der Waals surface area contributed by atoms with Crippen LogP contribution in [0.3, 0.4) is 0 Å². The van der Waals surface area contributed by atoms with Crippen LogP contribution in [-0.4, -0.2) is 44.7 Å². The summed E-state index contributed by atoms with van der Waals surface area (Å²) < 4.78 is 22.8. The molecular weight excluding hydrogens is 516 g/mol. The molecule has 1 fully saturated rings. The van der Waals surface area contributed by atoms with Crippen molar-refractivity contribution in [3.8, 4) is 11.5 Å². The number of benzene rings is 2. The Kier molecular flexibility index (Phi) is 8.61. The zero-order chi connectivity index (χ0) is 29.0. The van der Waals surface area contributed by atoms with E-state index < -0.39 is 5.79 Å². The van der Waals surface area contributed by atoms with Crippen LogP contribution >= 0.6 is 0 Å². The third kappa shape index (κ3) is 6.88. The number of hydrogen-bond donors (Lipinski definition) is 2. The number of methoxy groups -OCH3 is 2. The van der Waals surface area contributed by atoms with Gasteiger partial charge in [0.2, 0.25) is 0 Å². The van der Waals surface area contributed by atoms with Crippen LogP contribution in [0.15, 0.2) is 48.5 Å². The number of nitrogens with zero attached hydrogens (tertiary/aromatic N) is 2. The second kappa shape index (κ2) is 12.2. The van der Waals surface area contributed by atoms with Crippen molar-refractivity contribution in [2.24, 2.45) is 5.41 Å². The molecule has 0 saturated carbocycles. The van der Waals surface area contributed by atoms with E-state index >= 15 is 0 Å². The number of pyridine rings is 1. The third-order valence-electron chi connectivity index (χ3n) is 8.08. The molecule has 0 atom stereocenters. The molecule has 0 unspecified atom stereocenters. The molecule has 41 heavy (non-hydrogen) atoms. The summed E-state index contributed by atoms with van der Waals surface area (Å²) in [6, 6.07) is 16.4. The Bertz CT molecular complexity index is 1270. The molecule has 2 heterocycles. The molecule has 2 aromatic carbocycles. The lowest BCUT2D eigenvalue weighted by Crippen LogP contribution is -2.48. The first kappa shape index (κ1) is 29.0. The maximum absolute atomic E-state index is 7.04. The highest BCUT2D eigenvalue weighted by Gasteiger charge is 2.37. The first-order valence-electron chi connectivity index (χ1n) is 14.5. The van der Waals surface area contributed by atoms with Crippen molar-refractivity contribution in [1.29, 1.82) is 0 Å². The molecule has 0 amide bonds. The predicted octanol–water partition coefficient (Wildman–Crippen LogP) is 5.97. The van der Waals surface area contributed by atoms with E-state index in [1.165, 1.54) is 5.56 Å². The van der Waals surface area contributed by atoms with Gasteiger partial charge >= 0.3 is 0 Å². The van der Waals surface area contributed by atoms with Gasteiger partial charge in [-0.1, -0.05) is 31.2 Å². The van der Waals surface area contributed by atoms with Gasteiger partial charge in [0.1, 0.15) is 11.5 Å². The molecule has 1 saturated heterocycles. The fraction of sp³-hybridized carbons (Fsp3) is 0.485. The molecule has 1 aromatic heterocycles. The third-order valence-corrected chi connectivity index (χ3v) is 8.08. The van der Waals surface area contributed by atoms with Crippen LogP contribution < -0.4 is 25.4 Å². The van der Waals surface area contributed by atoms with Crippen LogP contribution in [0.25, 0.3) is 0 Å². The largest absolute Gasteiger partial charge is 0.497 e. The number of rotatable bonds is 10. The van der Waals surface area contributed by atoms with E-state index in [-0.39, 0.29) is 5.41 Å². The van der Waals surface area contributed by atoms with Crippen molar-refractivity contribution in [1.82, 2.24) is 4.98 Å². The zero-order valence-corrected chi connectivity index (χ0v) is 25.1. The van der Waals surface area contributed by atoms with Gasteiger partial charge in [-0.15, -0.1) is 0 Å². The summed E-state index contributed by atoms with van der Waals surface area (Å²) >= 11 is 0. The Morgan fingerprint density at radius 3 is 1.93 bits per heavy atom. The normalized spacial score (nSPS) is 17.4. The van der Waals surface area contributed by atoms with Crippen LogP contribution in [0, 0.1) is 5.41 Å². The average molecular weight is 561 g/mol. The maximum atomic E-state index is 7.04. The van der Waals surface area contributed by atoms with Gasteiger partial charge in [0.15, 0.2) is 11.6 Å². The van der Waals surface area contributed by atoms with Gasteiger partial charge in [-0.25, -0.2) is 4.98 Å². The molecule has 0 radical (unpaired) electrons. The van der Waals surface area contributed by atoms with Gasteiger partial charge in [0.25, 0.3) is 0 Å². The molecule has 0 bridgehead atoms. The highest BCUT2D eigenvalue weighted by atomic mass is 16.7. The number of aryl methyl sites for hydroxylation is 1. The van der Waals surface area contributed by atoms with E-state index in [0.29, 0.717) is 38.5 Å². The predicted molar refractivity (Wildman–Crippen MR) is 164 cm³/mol. The molecule has 3 aromatic rings. The molecule has 1 aliphatic carbocycles. The van der Waals surface area contributed by atoms with Crippen LogP contribution in [0.2, 0.25) is 0 Å². The van der Waals surface area contributed by atoms with E-state index in [9.17, 15) is 0 Å². The molecule has 0 spiro atoms. The molecule has 8 heteroatoms. The molecule has 1 aliphatic heterocycles. The molecule has 3 N–H and O–H groups in total. The van der Waals surface area contributed by atoms with E-state index in [4.69, 9.17) is 29.7 Å². The van der Waals surface area contributed by atoms with E-state index in [1.807, 2.05) is 38.1 Å². The highest BCUT2D eigenvalue weighted by Crippen LogP contribution is 2.40. The van der Waals surface area contributed by atoms with Crippen LogP contribution in [0.1, 0.15) is 56.0 Å². The number of anilines is 3. The summed E-state index contributed by atoms with van der Waals surface area (Å²) in [5.41, 5.74) is 13.3. The summed E-state index contributed by atoms with van der Waals surface area (Å²) in [5.74, 6) is 1.93. The van der Waals surface area contributed by atoms with Gasteiger partial charge in [-0.3, -0.25) is 0 Å². The van der Waals surface area contributed by atoms with Crippen LogP contribution in [0.4, 0.5) is 17.2 Å². The van der Waals surface area contributed by atoms with E-state index in [2.05, 4.69) is 41.4 Å². The lowest BCUT2D eigenvalue weighted by atomic mass is 9.90. The number of fused-ring (bicyclic) bond motifs is 1. The Balaban J connectivity index is 1.49. The minimum atomic E-state index is -0.551. The topological polar surface area (TPSA) is 91.1 Å². The molecule has 220 valence electrons. The fourth-order valence-electron chi connectivity index (χ4n) is 5.48. The Labute approximate surface area is 244 Å². The molecule has 5 rings (SSSR count). The van der Waals surface area contributed by atoms with Crippen molar-refractivity contribution in [2.75, 3.05) is 49.9 Å². The number of hydrogen-bond acceptors (Lipinski definition) is 8. The minimum absolute atomic E-state index is 0.168. The van der Waals surface area contributed by atoms with E-state index in [1.54, 1.807) is 14.2 Å². The number of aromatic nitrogens is 1. The maximum Gasteiger partial charge on any atom is 0.162 e. The van der Waals surface area contributed by atoms with Crippen molar-refractivity contribution < 1.29 is 18.9 Å². The average Bonchev–Trinajstić information content (AvgIpc) is 2.99. The second-order valence-corrected chi connectivity index (χ2v) is 12.1. The van der Waals surface area contributed by atoms with Crippen molar-refractivity contribution in [3.05, 3.63) is 70.9 Å². The first-order valence-corrected chi connectivity index (χ1v) is 14.5. The van der Waals surface area contributed by atoms with Crippen molar-refractivity contribution in [2.45, 2.75) is 65.3 Å². The number of nitrogens with two attached hydrogens (primary N) is 1. The first-order chi connectivity index (χ1) is 19.7. The van der Waals surface area contributed by atoms with Gasteiger partial charge in [0, 0.05) is 30.7 Å². The minimum Gasteiger partial charge on any atom is -0.497 e. The Morgan fingerprint density at radius 2 is 1.39 bits per heavy atom. The molecule has 8 nitrogen and oxygen atoms in total. The lowest BCUT2D eigenvalue weighted by molar-refractivity contribution is -0.279. The summed E-state index contributed by atoms with van der Waals surface area (Å²) in [5, 5.41) is 3.75. The summed E-state index contributed by atoms with van der Waals surface area (Å²) in [7, 11) is 3.37. The van der Waals surface area contributed by atoms with Crippen molar-refractivity contribution in [3.63, 3.8) is 0 Å². The monoisotopic (exact) mass is 560 g/mol. The zero-order valence-electron chi connectivity index (χ0n) is 25.1. The van der Waals surface area contributed by atoms with Crippen molar-refractivity contribution >= 4 is 17.2 Å². The highest BCUT2D eigenvalue weighted by molar-refractivity contribution is 5.82. The summed E-state index contributed by atoms with van der Waals surface area (Å²) in [6.45, 7) is 9.36. The molecule has 2 aliphatic rings. The van der Waals surface area contributed by atoms with Crippen LogP contribution in [0.5, 0.6) is 11.5 Å². The quantitative estimate of drug-likeness (QED) is 0.314. The fourth-order valence-corrected chi connectivity index (χ4v) is 5.48. The standard InChI is InChI=1S/C33H44N4O4/c1-32(2)40-21-33(3,22-41-32)20-35-30-27-8-6-7-9-28(27)36-31(29(30)34)37(18-23-10-14-25(38-4)15-11-23)19-24-12-16-26(39-5)17-13-24/h10-17H,6-9,18-22,34H2,1-5H3,(H,35,36). The Hall–Kier alpha value is -3.49. The van der Waals surface area contributed by atoms with E-state index in [0.717, 1.165) is 65.5 Å². The summed E-state index contributed by atoms with van der Waals surface area (Å²) in [6.07, 6.45) is 4.20. The van der Waals surface area contributed by atoms with Crippen LogP contribution in [-0.2, 0) is 35.4 Å². The SMILES string of the molecule is COc1ccc(CN(Cc2ccc(OC)cc2)c2nc3c(c(NCC4(C)COC(C)(C)OC4)c2N)CCCC3)cc1. The number of nitrogens with one attached hydrogen (secondary N) is 1. The second-order valence-electron chi connectivity index (χ2n) is 12.1. The lowest BCUT2D eigenvalue weighted by Gasteiger charge is -2.42. The Morgan fingerprint density at radius 1 is 0.854 bits per heavy atom. The molecular formula is C33H44N4O4.